The number of aryl methyl sites for hydroxylation is 3. The first kappa shape index (κ1) is 15.5. The molecule has 1 aromatic heterocycles. The van der Waals surface area contributed by atoms with Gasteiger partial charge in [-0.2, -0.15) is 0 Å². The van der Waals surface area contributed by atoms with Crippen LogP contribution in [0.3, 0.4) is 0 Å². The molecule has 0 unspecified atom stereocenters. The summed E-state index contributed by atoms with van der Waals surface area (Å²) in [6, 6.07) is 5.42. The molecule has 1 aromatic carbocycles. The van der Waals surface area contributed by atoms with E-state index in [0.29, 0.717) is 11.3 Å². The Bertz CT molecular complexity index is 770. The second-order valence-corrected chi connectivity index (χ2v) is 6.77. The third-order valence-corrected chi connectivity index (χ3v) is 5.08. The number of hydrogen-bond donors (Lipinski definition) is 2. The Morgan fingerprint density at radius 1 is 1.10 bits per heavy atom. The minimum absolute atomic E-state index is 0.157. The third kappa shape index (κ3) is 3.22. The molecular weight excluding hydrogens is 286 g/mol. The van der Waals surface area contributed by atoms with Crippen molar-refractivity contribution in [3.05, 3.63) is 52.8 Å². The summed E-state index contributed by atoms with van der Waals surface area (Å²) in [6.45, 7) is 5.63. The number of pyridine rings is 1. The highest BCUT2D eigenvalue weighted by molar-refractivity contribution is 7.89. The molecule has 3 N–H and O–H groups in total. The Hall–Kier alpha value is -1.92. The highest BCUT2D eigenvalue weighted by Gasteiger charge is 2.21. The van der Waals surface area contributed by atoms with E-state index in [1.807, 2.05) is 19.1 Å². The zero-order chi connectivity index (χ0) is 15.6. The second-order valence-electron chi connectivity index (χ2n) is 5.07. The first-order chi connectivity index (χ1) is 9.83. The van der Waals surface area contributed by atoms with Crippen LogP contribution < -0.4 is 10.5 Å². The van der Waals surface area contributed by atoms with E-state index in [9.17, 15) is 8.42 Å². The standard InChI is InChI=1S/C15H19N3O2S/c1-10-6-7-17-8-13(10)9-18-21(19,20)15-12(3)5-4-11(2)14(15)16/h4-8,18H,9,16H2,1-3H3. The van der Waals surface area contributed by atoms with Crippen molar-refractivity contribution >= 4 is 15.7 Å². The van der Waals surface area contributed by atoms with Crippen molar-refractivity contribution in [1.82, 2.24) is 9.71 Å². The smallest absolute Gasteiger partial charge is 0.243 e. The molecule has 112 valence electrons. The molecule has 0 bridgehead atoms. The number of nitrogen functional groups attached to an aromatic ring is 1. The molecule has 0 radical (unpaired) electrons. The van der Waals surface area contributed by atoms with Crippen LogP contribution in [-0.4, -0.2) is 13.4 Å². The first-order valence-electron chi connectivity index (χ1n) is 6.58. The van der Waals surface area contributed by atoms with Crippen LogP contribution in [0.25, 0.3) is 0 Å². The molecule has 0 amide bonds. The van der Waals surface area contributed by atoms with Gasteiger partial charge in [-0.25, -0.2) is 13.1 Å². The highest BCUT2D eigenvalue weighted by Crippen LogP contribution is 2.25. The van der Waals surface area contributed by atoms with Gasteiger partial charge in [-0.15, -0.1) is 0 Å². The summed E-state index contributed by atoms with van der Waals surface area (Å²) in [5, 5.41) is 0. The van der Waals surface area contributed by atoms with Crippen LogP contribution in [0.1, 0.15) is 22.3 Å². The third-order valence-electron chi connectivity index (χ3n) is 3.48. The lowest BCUT2D eigenvalue weighted by Gasteiger charge is -2.14. The van der Waals surface area contributed by atoms with Gasteiger partial charge in [-0.1, -0.05) is 12.1 Å². The van der Waals surface area contributed by atoms with Crippen molar-refractivity contribution in [3.8, 4) is 0 Å². The molecule has 5 nitrogen and oxygen atoms in total. The lowest BCUT2D eigenvalue weighted by atomic mass is 10.1. The number of hydrogen-bond acceptors (Lipinski definition) is 4. The number of rotatable bonds is 4. The van der Waals surface area contributed by atoms with Crippen LogP contribution in [0.2, 0.25) is 0 Å². The van der Waals surface area contributed by atoms with E-state index < -0.39 is 10.0 Å². The molecule has 0 aliphatic carbocycles. The van der Waals surface area contributed by atoms with Gasteiger partial charge in [0.25, 0.3) is 0 Å². The number of aromatic nitrogens is 1. The van der Waals surface area contributed by atoms with Gasteiger partial charge in [0.1, 0.15) is 4.90 Å². The van der Waals surface area contributed by atoms with Gasteiger partial charge in [0, 0.05) is 18.9 Å². The number of anilines is 1. The van der Waals surface area contributed by atoms with Crippen LogP contribution >= 0.6 is 0 Å². The van der Waals surface area contributed by atoms with Gasteiger partial charge < -0.3 is 5.73 Å². The lowest BCUT2D eigenvalue weighted by Crippen LogP contribution is -2.25. The number of sulfonamides is 1. The first-order valence-corrected chi connectivity index (χ1v) is 8.06. The van der Waals surface area contributed by atoms with E-state index >= 15 is 0 Å². The SMILES string of the molecule is Cc1ccncc1CNS(=O)(=O)c1c(C)ccc(C)c1N. The second kappa shape index (κ2) is 5.83. The Morgan fingerprint density at radius 3 is 2.43 bits per heavy atom. The zero-order valence-electron chi connectivity index (χ0n) is 12.3. The maximum Gasteiger partial charge on any atom is 0.243 e. The Kier molecular flexibility index (Phi) is 4.29. The number of nitrogens with zero attached hydrogens (tertiary/aromatic N) is 1. The Balaban J connectivity index is 2.32. The molecular formula is C15H19N3O2S. The minimum Gasteiger partial charge on any atom is -0.397 e. The van der Waals surface area contributed by atoms with E-state index in [1.54, 1.807) is 32.3 Å². The molecule has 6 heteroatoms. The molecule has 0 aliphatic heterocycles. The normalized spacial score (nSPS) is 11.6. The van der Waals surface area contributed by atoms with Crippen molar-refractivity contribution in [1.29, 1.82) is 0 Å². The molecule has 0 saturated carbocycles. The van der Waals surface area contributed by atoms with Crippen LogP contribution in [0.15, 0.2) is 35.5 Å². The summed E-state index contributed by atoms with van der Waals surface area (Å²) in [5.41, 5.74) is 9.44. The van der Waals surface area contributed by atoms with Crippen molar-refractivity contribution < 1.29 is 8.42 Å². The van der Waals surface area contributed by atoms with Crippen molar-refractivity contribution in [2.75, 3.05) is 5.73 Å². The summed E-state index contributed by atoms with van der Waals surface area (Å²) in [7, 11) is -3.66. The Morgan fingerprint density at radius 2 is 1.76 bits per heavy atom. The summed E-state index contributed by atoms with van der Waals surface area (Å²) in [4.78, 5) is 4.17. The summed E-state index contributed by atoms with van der Waals surface area (Å²) < 4.78 is 27.6. The predicted molar refractivity (Wildman–Crippen MR) is 83.3 cm³/mol. The molecule has 0 saturated heterocycles. The summed E-state index contributed by atoms with van der Waals surface area (Å²) in [6.07, 6.45) is 3.33. The van der Waals surface area contributed by atoms with Crippen LogP contribution in [0.4, 0.5) is 5.69 Å². The fourth-order valence-electron chi connectivity index (χ4n) is 2.09. The molecule has 0 atom stereocenters. The van der Waals surface area contributed by atoms with Gasteiger partial charge in [0.2, 0.25) is 10.0 Å². The van der Waals surface area contributed by atoms with E-state index in [1.165, 1.54) is 0 Å². The number of nitrogens with one attached hydrogen (secondary N) is 1. The lowest BCUT2D eigenvalue weighted by molar-refractivity contribution is 0.581. The largest absolute Gasteiger partial charge is 0.397 e. The average molecular weight is 305 g/mol. The average Bonchev–Trinajstić information content (AvgIpc) is 2.42. The minimum atomic E-state index is -3.66. The zero-order valence-corrected chi connectivity index (χ0v) is 13.2. The fourth-order valence-corrected chi connectivity index (χ4v) is 3.52. The van der Waals surface area contributed by atoms with Crippen molar-refractivity contribution in [3.63, 3.8) is 0 Å². The molecule has 0 spiro atoms. The van der Waals surface area contributed by atoms with Gasteiger partial charge >= 0.3 is 0 Å². The number of benzene rings is 1. The van der Waals surface area contributed by atoms with E-state index in [4.69, 9.17) is 5.73 Å². The highest BCUT2D eigenvalue weighted by atomic mass is 32.2. The maximum atomic E-state index is 12.5. The monoisotopic (exact) mass is 305 g/mol. The fraction of sp³-hybridized carbons (Fsp3) is 0.267. The number of nitrogens with two attached hydrogens (primary N) is 1. The van der Waals surface area contributed by atoms with E-state index in [0.717, 1.165) is 16.7 Å². The van der Waals surface area contributed by atoms with Gasteiger partial charge in [0.15, 0.2) is 0 Å². The molecule has 0 aliphatic rings. The molecule has 0 fully saturated rings. The van der Waals surface area contributed by atoms with Crippen molar-refractivity contribution in [2.24, 2.45) is 0 Å². The molecule has 1 heterocycles. The van der Waals surface area contributed by atoms with E-state index in [2.05, 4.69) is 9.71 Å². The van der Waals surface area contributed by atoms with Crippen LogP contribution in [0.5, 0.6) is 0 Å². The maximum absolute atomic E-state index is 12.5. The van der Waals surface area contributed by atoms with Crippen LogP contribution in [-0.2, 0) is 16.6 Å². The topological polar surface area (TPSA) is 85.1 Å². The molecule has 2 aromatic rings. The van der Waals surface area contributed by atoms with Crippen LogP contribution in [0, 0.1) is 20.8 Å². The Labute approximate surface area is 125 Å². The quantitative estimate of drug-likeness (QED) is 0.847. The molecule has 21 heavy (non-hydrogen) atoms. The predicted octanol–water partition coefficient (Wildman–Crippen LogP) is 2.07. The van der Waals surface area contributed by atoms with Gasteiger partial charge in [-0.3, -0.25) is 4.98 Å². The summed E-state index contributed by atoms with van der Waals surface area (Å²) >= 11 is 0. The van der Waals surface area contributed by atoms with Gasteiger partial charge in [0.05, 0.1) is 5.69 Å². The summed E-state index contributed by atoms with van der Waals surface area (Å²) in [5.74, 6) is 0. The van der Waals surface area contributed by atoms with Gasteiger partial charge in [-0.05, 0) is 49.1 Å². The van der Waals surface area contributed by atoms with E-state index in [-0.39, 0.29) is 11.4 Å². The molecule has 2 rings (SSSR count). The van der Waals surface area contributed by atoms with Crippen molar-refractivity contribution in [2.45, 2.75) is 32.2 Å².